The standard InChI is InChI=1S/C16H14ClNO2/c1-11-9-13(5-8-15(11)17)16(20)12-3-6-14(7-4-12)18(2)10-19/h3-10H,1-2H3. The molecule has 2 aromatic carbocycles. The largest absolute Gasteiger partial charge is 0.318 e. The van der Waals surface area contributed by atoms with Gasteiger partial charge in [0.15, 0.2) is 5.78 Å². The van der Waals surface area contributed by atoms with Crippen LogP contribution in [0.15, 0.2) is 42.5 Å². The Morgan fingerprint density at radius 2 is 1.70 bits per heavy atom. The van der Waals surface area contributed by atoms with Gasteiger partial charge in [-0.25, -0.2) is 0 Å². The van der Waals surface area contributed by atoms with Crippen LogP contribution in [0, 0.1) is 6.92 Å². The first-order chi connectivity index (χ1) is 9.52. The lowest BCUT2D eigenvalue weighted by molar-refractivity contribution is -0.107. The van der Waals surface area contributed by atoms with E-state index in [1.807, 2.05) is 6.92 Å². The maximum Gasteiger partial charge on any atom is 0.213 e. The molecule has 0 aliphatic rings. The number of amides is 1. The van der Waals surface area contributed by atoms with Crippen molar-refractivity contribution in [1.82, 2.24) is 0 Å². The van der Waals surface area contributed by atoms with Gasteiger partial charge >= 0.3 is 0 Å². The molecule has 20 heavy (non-hydrogen) atoms. The Morgan fingerprint density at radius 3 is 2.25 bits per heavy atom. The minimum Gasteiger partial charge on any atom is -0.318 e. The van der Waals surface area contributed by atoms with Gasteiger partial charge in [-0.2, -0.15) is 0 Å². The van der Waals surface area contributed by atoms with Crippen LogP contribution in [-0.2, 0) is 4.79 Å². The van der Waals surface area contributed by atoms with Gasteiger partial charge in [0.25, 0.3) is 0 Å². The van der Waals surface area contributed by atoms with Crippen LogP contribution < -0.4 is 4.90 Å². The molecule has 0 bridgehead atoms. The van der Waals surface area contributed by atoms with Gasteiger partial charge in [0.2, 0.25) is 6.41 Å². The fourth-order valence-corrected chi connectivity index (χ4v) is 1.98. The molecule has 0 aliphatic carbocycles. The molecule has 3 nitrogen and oxygen atoms in total. The minimum atomic E-state index is -0.0647. The van der Waals surface area contributed by atoms with Crippen molar-refractivity contribution >= 4 is 29.5 Å². The minimum absolute atomic E-state index is 0.0647. The predicted octanol–water partition coefficient (Wildman–Crippen LogP) is 3.47. The van der Waals surface area contributed by atoms with E-state index in [9.17, 15) is 9.59 Å². The number of benzene rings is 2. The zero-order chi connectivity index (χ0) is 14.7. The number of hydrogen-bond acceptors (Lipinski definition) is 2. The molecule has 0 unspecified atom stereocenters. The van der Waals surface area contributed by atoms with E-state index >= 15 is 0 Å². The molecule has 4 heteroatoms. The molecule has 0 aliphatic heterocycles. The molecule has 0 aromatic heterocycles. The lowest BCUT2D eigenvalue weighted by Crippen LogP contribution is -2.13. The van der Waals surface area contributed by atoms with Crippen LogP contribution in [-0.4, -0.2) is 19.2 Å². The first kappa shape index (κ1) is 14.3. The second-order valence-electron chi connectivity index (χ2n) is 4.56. The van der Waals surface area contributed by atoms with E-state index in [-0.39, 0.29) is 5.78 Å². The Hall–Kier alpha value is -2.13. The molecular formula is C16H14ClNO2. The van der Waals surface area contributed by atoms with E-state index in [0.717, 1.165) is 17.7 Å². The van der Waals surface area contributed by atoms with Crippen LogP contribution in [0.2, 0.25) is 5.02 Å². The lowest BCUT2D eigenvalue weighted by atomic mass is 10.0. The summed E-state index contributed by atoms with van der Waals surface area (Å²) >= 11 is 5.95. The van der Waals surface area contributed by atoms with E-state index in [1.54, 1.807) is 49.5 Å². The van der Waals surface area contributed by atoms with Gasteiger partial charge in [-0.1, -0.05) is 11.6 Å². The SMILES string of the molecule is Cc1cc(C(=O)c2ccc(N(C)C=O)cc2)ccc1Cl. The molecule has 0 spiro atoms. The number of rotatable bonds is 4. The van der Waals surface area contributed by atoms with Gasteiger partial charge in [-0.15, -0.1) is 0 Å². The average molecular weight is 288 g/mol. The van der Waals surface area contributed by atoms with Crippen molar-refractivity contribution in [3.8, 4) is 0 Å². The van der Waals surface area contributed by atoms with Crippen molar-refractivity contribution in [2.45, 2.75) is 6.92 Å². The molecule has 2 rings (SSSR count). The van der Waals surface area contributed by atoms with Crippen molar-refractivity contribution in [2.75, 3.05) is 11.9 Å². The number of ketones is 1. The molecule has 2 aromatic rings. The zero-order valence-corrected chi connectivity index (χ0v) is 12.0. The van der Waals surface area contributed by atoms with Gasteiger partial charge in [0.1, 0.15) is 0 Å². The van der Waals surface area contributed by atoms with Crippen molar-refractivity contribution in [2.24, 2.45) is 0 Å². The third-order valence-electron chi connectivity index (χ3n) is 3.12. The summed E-state index contributed by atoms with van der Waals surface area (Å²) in [7, 11) is 1.66. The van der Waals surface area contributed by atoms with Crippen LogP contribution in [0.25, 0.3) is 0 Å². The molecule has 0 saturated carbocycles. The van der Waals surface area contributed by atoms with E-state index in [1.165, 1.54) is 4.90 Å². The summed E-state index contributed by atoms with van der Waals surface area (Å²) in [5.74, 6) is -0.0647. The predicted molar refractivity (Wildman–Crippen MR) is 80.5 cm³/mol. The average Bonchev–Trinajstić information content (AvgIpc) is 2.48. The summed E-state index contributed by atoms with van der Waals surface area (Å²) in [6.45, 7) is 1.86. The first-order valence-electron chi connectivity index (χ1n) is 6.12. The molecule has 0 heterocycles. The second kappa shape index (κ2) is 5.88. The molecule has 0 atom stereocenters. The number of anilines is 1. The number of carbonyl (C=O) groups is 2. The van der Waals surface area contributed by atoms with E-state index in [4.69, 9.17) is 11.6 Å². The second-order valence-corrected chi connectivity index (χ2v) is 4.96. The molecule has 0 saturated heterocycles. The molecular weight excluding hydrogens is 274 g/mol. The fourth-order valence-electron chi connectivity index (χ4n) is 1.86. The zero-order valence-electron chi connectivity index (χ0n) is 11.3. The molecule has 0 fully saturated rings. The molecule has 1 amide bonds. The van der Waals surface area contributed by atoms with Crippen molar-refractivity contribution < 1.29 is 9.59 Å². The molecule has 0 radical (unpaired) electrons. The molecule has 102 valence electrons. The van der Waals surface area contributed by atoms with Crippen molar-refractivity contribution in [1.29, 1.82) is 0 Å². The van der Waals surface area contributed by atoms with E-state index in [2.05, 4.69) is 0 Å². The quantitative estimate of drug-likeness (QED) is 0.638. The maximum absolute atomic E-state index is 12.3. The van der Waals surface area contributed by atoms with Gasteiger partial charge in [-0.3, -0.25) is 9.59 Å². The smallest absolute Gasteiger partial charge is 0.213 e. The van der Waals surface area contributed by atoms with E-state index < -0.39 is 0 Å². The number of carbonyl (C=O) groups excluding carboxylic acids is 2. The highest BCUT2D eigenvalue weighted by molar-refractivity contribution is 6.31. The fraction of sp³-hybridized carbons (Fsp3) is 0.125. The van der Waals surface area contributed by atoms with Crippen molar-refractivity contribution in [3.63, 3.8) is 0 Å². The highest BCUT2D eigenvalue weighted by Crippen LogP contribution is 2.20. The van der Waals surface area contributed by atoms with Crippen LogP contribution in [0.5, 0.6) is 0 Å². The summed E-state index contributed by atoms with van der Waals surface area (Å²) in [5.41, 5.74) is 2.79. The van der Waals surface area contributed by atoms with Crippen LogP contribution >= 0.6 is 11.6 Å². The van der Waals surface area contributed by atoms with E-state index in [0.29, 0.717) is 16.1 Å². The number of halogens is 1. The number of aryl methyl sites for hydroxylation is 1. The maximum atomic E-state index is 12.3. The van der Waals surface area contributed by atoms with Crippen molar-refractivity contribution in [3.05, 3.63) is 64.2 Å². The Bertz CT molecular complexity index is 650. The Kier molecular flexibility index (Phi) is 4.20. The van der Waals surface area contributed by atoms with Gasteiger partial charge < -0.3 is 4.90 Å². The van der Waals surface area contributed by atoms with Crippen LogP contribution in [0.3, 0.4) is 0 Å². The summed E-state index contributed by atoms with van der Waals surface area (Å²) in [6, 6.07) is 12.1. The highest BCUT2D eigenvalue weighted by atomic mass is 35.5. The third-order valence-corrected chi connectivity index (χ3v) is 3.54. The van der Waals surface area contributed by atoms with Crippen LogP contribution in [0.1, 0.15) is 21.5 Å². The van der Waals surface area contributed by atoms with Gasteiger partial charge in [-0.05, 0) is 55.0 Å². The normalized spacial score (nSPS) is 10.2. The monoisotopic (exact) mass is 287 g/mol. The number of nitrogens with zero attached hydrogens (tertiary/aromatic N) is 1. The Balaban J connectivity index is 2.29. The van der Waals surface area contributed by atoms with Crippen LogP contribution in [0.4, 0.5) is 5.69 Å². The number of hydrogen-bond donors (Lipinski definition) is 0. The van der Waals surface area contributed by atoms with Gasteiger partial charge in [0, 0.05) is 28.9 Å². The lowest BCUT2D eigenvalue weighted by Gasteiger charge is -2.11. The Morgan fingerprint density at radius 1 is 1.10 bits per heavy atom. The van der Waals surface area contributed by atoms with Gasteiger partial charge in [0.05, 0.1) is 0 Å². The Labute approximate surface area is 122 Å². The highest BCUT2D eigenvalue weighted by Gasteiger charge is 2.10. The summed E-state index contributed by atoms with van der Waals surface area (Å²) < 4.78 is 0. The third kappa shape index (κ3) is 2.89. The molecule has 0 N–H and O–H groups in total. The summed E-state index contributed by atoms with van der Waals surface area (Å²) in [4.78, 5) is 24.4. The topological polar surface area (TPSA) is 37.4 Å². The summed E-state index contributed by atoms with van der Waals surface area (Å²) in [6.07, 6.45) is 0.722. The first-order valence-corrected chi connectivity index (χ1v) is 6.50. The summed E-state index contributed by atoms with van der Waals surface area (Å²) in [5, 5.41) is 0.643.